The fourth-order valence-corrected chi connectivity index (χ4v) is 1.49. The normalized spacial score (nSPS) is 10.6. The summed E-state index contributed by atoms with van der Waals surface area (Å²) >= 11 is 6.08. The molecule has 4 heteroatoms. The van der Waals surface area contributed by atoms with Crippen LogP contribution in [0.5, 0.6) is 0 Å². The van der Waals surface area contributed by atoms with Crippen LogP contribution in [-0.2, 0) is 13.6 Å². The second-order valence-electron chi connectivity index (χ2n) is 3.53. The lowest BCUT2D eigenvalue weighted by atomic mass is 10.3. The summed E-state index contributed by atoms with van der Waals surface area (Å²) in [4.78, 5) is 0. The summed E-state index contributed by atoms with van der Waals surface area (Å²) in [6.07, 6.45) is 0. The molecule has 0 saturated heterocycles. The fourth-order valence-electron chi connectivity index (χ4n) is 1.27. The maximum atomic E-state index is 6.08. The molecule has 1 heterocycles. The maximum absolute atomic E-state index is 6.08. The van der Waals surface area contributed by atoms with Crippen LogP contribution < -0.4 is 5.32 Å². The molecular weight excluding hydrogens is 198 g/mol. The van der Waals surface area contributed by atoms with Gasteiger partial charge in [-0.25, -0.2) is 0 Å². The minimum atomic E-state index is 0.725. The highest BCUT2D eigenvalue weighted by molar-refractivity contribution is 6.31. The highest BCUT2D eigenvalue weighted by Gasteiger charge is 2.09. The van der Waals surface area contributed by atoms with Crippen molar-refractivity contribution in [2.75, 3.05) is 6.54 Å². The van der Waals surface area contributed by atoms with Crippen LogP contribution >= 0.6 is 11.6 Å². The number of nitrogens with one attached hydrogen (secondary N) is 1. The van der Waals surface area contributed by atoms with Crippen LogP contribution in [-0.4, -0.2) is 16.3 Å². The van der Waals surface area contributed by atoms with Crippen LogP contribution in [0.2, 0.25) is 5.02 Å². The van der Waals surface area contributed by atoms with Gasteiger partial charge in [0.15, 0.2) is 0 Å². The van der Waals surface area contributed by atoms with E-state index in [0.717, 1.165) is 35.1 Å². The number of halogens is 1. The van der Waals surface area contributed by atoms with E-state index in [9.17, 15) is 0 Å². The van der Waals surface area contributed by atoms with Crippen molar-refractivity contribution in [3.8, 4) is 0 Å². The lowest BCUT2D eigenvalue weighted by molar-refractivity contribution is 0.646. The summed E-state index contributed by atoms with van der Waals surface area (Å²) in [6, 6.07) is 0. The SMILES string of the molecule is C=C(C)CNCc1c(Cl)c(C)nn1C. The molecule has 0 spiro atoms. The summed E-state index contributed by atoms with van der Waals surface area (Å²) < 4.78 is 1.81. The first-order chi connectivity index (χ1) is 6.52. The zero-order valence-corrected chi connectivity index (χ0v) is 9.65. The molecule has 0 aliphatic heterocycles. The lowest BCUT2D eigenvalue weighted by Crippen LogP contribution is -2.17. The van der Waals surface area contributed by atoms with Gasteiger partial charge >= 0.3 is 0 Å². The molecule has 0 saturated carbocycles. The third-order valence-electron chi connectivity index (χ3n) is 1.98. The van der Waals surface area contributed by atoms with Crippen molar-refractivity contribution in [2.24, 2.45) is 7.05 Å². The van der Waals surface area contributed by atoms with Gasteiger partial charge in [-0.1, -0.05) is 23.8 Å². The Morgan fingerprint density at radius 1 is 1.64 bits per heavy atom. The topological polar surface area (TPSA) is 29.9 Å². The molecule has 0 radical (unpaired) electrons. The van der Waals surface area contributed by atoms with Crippen LogP contribution in [0.4, 0.5) is 0 Å². The van der Waals surface area contributed by atoms with E-state index in [4.69, 9.17) is 11.6 Å². The first-order valence-corrected chi connectivity index (χ1v) is 4.93. The molecular formula is C10H16ClN3. The smallest absolute Gasteiger partial charge is 0.0860 e. The maximum Gasteiger partial charge on any atom is 0.0860 e. The van der Waals surface area contributed by atoms with E-state index in [1.807, 2.05) is 25.6 Å². The number of aromatic nitrogens is 2. The van der Waals surface area contributed by atoms with Crippen LogP contribution in [0.3, 0.4) is 0 Å². The second kappa shape index (κ2) is 4.62. The van der Waals surface area contributed by atoms with E-state index in [2.05, 4.69) is 17.0 Å². The van der Waals surface area contributed by atoms with E-state index in [1.54, 1.807) is 0 Å². The standard InChI is InChI=1S/C10H16ClN3/c1-7(2)5-12-6-9-10(11)8(3)13-14(9)4/h12H,1,5-6H2,2-4H3. The van der Waals surface area contributed by atoms with Crippen molar-refractivity contribution in [1.82, 2.24) is 15.1 Å². The first-order valence-electron chi connectivity index (χ1n) is 4.55. The van der Waals surface area contributed by atoms with Crippen molar-refractivity contribution >= 4 is 11.6 Å². The van der Waals surface area contributed by atoms with Gasteiger partial charge in [0.05, 0.1) is 16.4 Å². The quantitative estimate of drug-likeness (QED) is 0.776. The molecule has 1 rings (SSSR count). The molecule has 1 aromatic heterocycles. The number of rotatable bonds is 4. The third kappa shape index (κ3) is 2.59. The summed E-state index contributed by atoms with van der Waals surface area (Å²) in [7, 11) is 1.90. The Morgan fingerprint density at radius 2 is 2.29 bits per heavy atom. The summed E-state index contributed by atoms with van der Waals surface area (Å²) in [6.45, 7) is 9.25. The molecule has 0 aliphatic carbocycles. The number of hydrogen-bond acceptors (Lipinski definition) is 2. The predicted molar refractivity (Wildman–Crippen MR) is 59.5 cm³/mol. The fraction of sp³-hybridized carbons (Fsp3) is 0.500. The van der Waals surface area contributed by atoms with Gasteiger partial charge in [-0.2, -0.15) is 5.10 Å². The Kier molecular flexibility index (Phi) is 3.72. The van der Waals surface area contributed by atoms with Gasteiger partial charge in [0.25, 0.3) is 0 Å². The minimum Gasteiger partial charge on any atom is -0.307 e. The minimum absolute atomic E-state index is 0.725. The van der Waals surface area contributed by atoms with Gasteiger partial charge in [-0.05, 0) is 13.8 Å². The molecule has 1 aromatic rings. The van der Waals surface area contributed by atoms with E-state index < -0.39 is 0 Å². The molecule has 14 heavy (non-hydrogen) atoms. The molecule has 0 amide bonds. The summed E-state index contributed by atoms with van der Waals surface area (Å²) in [5, 5.41) is 8.23. The Morgan fingerprint density at radius 3 is 2.71 bits per heavy atom. The molecule has 0 atom stereocenters. The van der Waals surface area contributed by atoms with Gasteiger partial charge < -0.3 is 5.32 Å². The second-order valence-corrected chi connectivity index (χ2v) is 3.91. The molecule has 1 N–H and O–H groups in total. The van der Waals surface area contributed by atoms with Crippen molar-refractivity contribution < 1.29 is 0 Å². The molecule has 0 aliphatic rings. The van der Waals surface area contributed by atoms with Crippen molar-refractivity contribution in [2.45, 2.75) is 20.4 Å². The molecule has 0 bridgehead atoms. The lowest BCUT2D eigenvalue weighted by Gasteiger charge is -2.05. The highest BCUT2D eigenvalue weighted by Crippen LogP contribution is 2.18. The largest absolute Gasteiger partial charge is 0.307 e. The zero-order valence-electron chi connectivity index (χ0n) is 8.89. The average molecular weight is 214 g/mol. The van der Waals surface area contributed by atoms with Crippen LogP contribution in [0.15, 0.2) is 12.2 Å². The number of nitrogens with zero attached hydrogens (tertiary/aromatic N) is 2. The molecule has 0 unspecified atom stereocenters. The Labute approximate surface area is 89.8 Å². The van der Waals surface area contributed by atoms with Gasteiger partial charge in [-0.3, -0.25) is 4.68 Å². The predicted octanol–water partition coefficient (Wildman–Crippen LogP) is 2.05. The third-order valence-corrected chi connectivity index (χ3v) is 2.47. The first kappa shape index (κ1) is 11.3. The van der Waals surface area contributed by atoms with E-state index in [0.29, 0.717) is 0 Å². The molecule has 0 aromatic carbocycles. The van der Waals surface area contributed by atoms with Crippen molar-refractivity contribution in [3.63, 3.8) is 0 Å². The number of aryl methyl sites for hydroxylation is 2. The van der Waals surface area contributed by atoms with Gasteiger partial charge in [0.2, 0.25) is 0 Å². The summed E-state index contributed by atoms with van der Waals surface area (Å²) in [5.41, 5.74) is 3.01. The highest BCUT2D eigenvalue weighted by atomic mass is 35.5. The Balaban J connectivity index is 2.62. The van der Waals surface area contributed by atoms with E-state index >= 15 is 0 Å². The Hall–Kier alpha value is -0.800. The van der Waals surface area contributed by atoms with Crippen LogP contribution in [0.1, 0.15) is 18.3 Å². The van der Waals surface area contributed by atoms with E-state index in [-0.39, 0.29) is 0 Å². The zero-order chi connectivity index (χ0) is 10.7. The average Bonchev–Trinajstić information content (AvgIpc) is 2.31. The Bertz CT molecular complexity index is 341. The van der Waals surface area contributed by atoms with Gasteiger partial charge in [-0.15, -0.1) is 0 Å². The summed E-state index contributed by atoms with van der Waals surface area (Å²) in [5.74, 6) is 0. The van der Waals surface area contributed by atoms with Crippen molar-refractivity contribution in [3.05, 3.63) is 28.6 Å². The number of hydrogen-bond donors (Lipinski definition) is 1. The van der Waals surface area contributed by atoms with Gasteiger partial charge in [0, 0.05) is 20.1 Å². The van der Waals surface area contributed by atoms with Crippen LogP contribution in [0, 0.1) is 6.92 Å². The molecule has 0 fully saturated rings. The van der Waals surface area contributed by atoms with Gasteiger partial charge in [0.1, 0.15) is 0 Å². The van der Waals surface area contributed by atoms with Crippen molar-refractivity contribution in [1.29, 1.82) is 0 Å². The van der Waals surface area contributed by atoms with E-state index in [1.165, 1.54) is 0 Å². The molecule has 78 valence electrons. The van der Waals surface area contributed by atoms with Crippen LogP contribution in [0.25, 0.3) is 0 Å². The monoisotopic (exact) mass is 213 g/mol. The molecule has 3 nitrogen and oxygen atoms in total.